The number of anilines is 1. The summed E-state index contributed by atoms with van der Waals surface area (Å²) >= 11 is 0. The van der Waals surface area contributed by atoms with Gasteiger partial charge in [-0.25, -0.2) is 4.79 Å². The van der Waals surface area contributed by atoms with Crippen LogP contribution in [0.2, 0.25) is 0 Å². The van der Waals surface area contributed by atoms with Crippen molar-refractivity contribution in [3.05, 3.63) is 53.6 Å². The number of carbonyl (C=O) groups excluding carboxylic acids is 2. The molecule has 0 spiro atoms. The summed E-state index contributed by atoms with van der Waals surface area (Å²) < 4.78 is 10.3. The molecule has 0 saturated carbocycles. The molecule has 2 aromatic rings. The summed E-state index contributed by atoms with van der Waals surface area (Å²) in [5.74, 6) is -0.0518. The number of hydrogen-bond donors (Lipinski definition) is 1. The molecule has 2 rings (SSSR count). The van der Waals surface area contributed by atoms with Crippen molar-refractivity contribution >= 4 is 17.9 Å². The molecule has 0 radical (unpaired) electrons. The topological polar surface area (TPSA) is 78.6 Å². The average molecular weight is 271 g/mol. The Kier molecular flexibility index (Phi) is 4.00. The molecule has 0 fully saturated rings. The highest BCUT2D eigenvalue weighted by Crippen LogP contribution is 2.28. The average Bonchev–Trinajstić information content (AvgIpc) is 2.48. The zero-order valence-corrected chi connectivity index (χ0v) is 10.8. The van der Waals surface area contributed by atoms with Crippen molar-refractivity contribution in [2.45, 2.75) is 0 Å². The second-order valence-electron chi connectivity index (χ2n) is 4.00. The maximum atomic E-state index is 12.0. The van der Waals surface area contributed by atoms with Crippen LogP contribution in [0.4, 0.5) is 5.69 Å². The largest absolute Gasteiger partial charge is 0.493 e. The van der Waals surface area contributed by atoms with E-state index in [4.69, 9.17) is 15.2 Å². The molecule has 0 bridgehead atoms. The summed E-state index contributed by atoms with van der Waals surface area (Å²) in [6, 6.07) is 11.1. The molecule has 5 heteroatoms. The Morgan fingerprint density at radius 1 is 1.15 bits per heavy atom. The van der Waals surface area contributed by atoms with Gasteiger partial charge in [-0.05, 0) is 30.3 Å². The zero-order valence-electron chi connectivity index (χ0n) is 10.8. The molecule has 20 heavy (non-hydrogen) atoms. The lowest BCUT2D eigenvalue weighted by molar-refractivity contribution is 0.0731. The number of carbonyl (C=O) groups is 2. The minimum atomic E-state index is -0.583. The molecule has 2 N–H and O–H groups in total. The van der Waals surface area contributed by atoms with Gasteiger partial charge in [0.25, 0.3) is 0 Å². The van der Waals surface area contributed by atoms with Crippen LogP contribution in [0.1, 0.15) is 20.7 Å². The van der Waals surface area contributed by atoms with E-state index in [2.05, 4.69) is 0 Å². The van der Waals surface area contributed by atoms with E-state index in [0.717, 1.165) is 0 Å². The second kappa shape index (κ2) is 5.88. The lowest BCUT2D eigenvalue weighted by atomic mass is 10.2. The molecule has 0 aliphatic carbocycles. The summed E-state index contributed by atoms with van der Waals surface area (Å²) in [5.41, 5.74) is 6.75. The van der Waals surface area contributed by atoms with E-state index < -0.39 is 5.97 Å². The third-order valence-corrected chi connectivity index (χ3v) is 2.71. The lowest BCUT2D eigenvalue weighted by Gasteiger charge is -2.10. The van der Waals surface area contributed by atoms with E-state index in [1.165, 1.54) is 25.3 Å². The normalized spacial score (nSPS) is 9.85. The van der Waals surface area contributed by atoms with Gasteiger partial charge in [-0.1, -0.05) is 12.1 Å². The molecule has 0 amide bonds. The summed E-state index contributed by atoms with van der Waals surface area (Å²) in [5, 5.41) is 0. The van der Waals surface area contributed by atoms with E-state index >= 15 is 0 Å². The van der Waals surface area contributed by atoms with Gasteiger partial charge in [0.05, 0.1) is 12.7 Å². The Morgan fingerprint density at radius 3 is 2.55 bits per heavy atom. The Labute approximate surface area is 115 Å². The number of benzene rings is 2. The van der Waals surface area contributed by atoms with Crippen LogP contribution in [0, 0.1) is 0 Å². The van der Waals surface area contributed by atoms with Crippen molar-refractivity contribution in [1.29, 1.82) is 0 Å². The van der Waals surface area contributed by atoms with Crippen LogP contribution >= 0.6 is 0 Å². The van der Waals surface area contributed by atoms with E-state index in [1.807, 2.05) is 0 Å². The number of nitrogen functional groups attached to an aromatic ring is 1. The lowest BCUT2D eigenvalue weighted by Crippen LogP contribution is -2.11. The molecule has 102 valence electrons. The molecule has 0 atom stereocenters. The fourth-order valence-electron chi connectivity index (χ4n) is 1.68. The minimum absolute atomic E-state index is 0.228. The van der Waals surface area contributed by atoms with Crippen molar-refractivity contribution in [2.24, 2.45) is 0 Å². The summed E-state index contributed by atoms with van der Waals surface area (Å²) in [6.07, 6.45) is 0.684. The first-order valence-corrected chi connectivity index (χ1v) is 5.85. The van der Waals surface area contributed by atoms with Gasteiger partial charge in [0.1, 0.15) is 6.29 Å². The van der Waals surface area contributed by atoms with Gasteiger partial charge in [0.15, 0.2) is 11.5 Å². The van der Waals surface area contributed by atoms with E-state index in [9.17, 15) is 9.59 Å². The van der Waals surface area contributed by atoms with Crippen LogP contribution in [0.25, 0.3) is 0 Å². The Morgan fingerprint density at radius 2 is 1.90 bits per heavy atom. The first-order valence-electron chi connectivity index (χ1n) is 5.85. The minimum Gasteiger partial charge on any atom is -0.493 e. The molecule has 2 aromatic carbocycles. The first kappa shape index (κ1) is 13.6. The maximum Gasteiger partial charge on any atom is 0.345 e. The zero-order chi connectivity index (χ0) is 14.5. The van der Waals surface area contributed by atoms with Crippen molar-refractivity contribution in [1.82, 2.24) is 0 Å². The van der Waals surface area contributed by atoms with E-state index in [0.29, 0.717) is 23.3 Å². The number of para-hydroxylation sites is 1. The molecule has 0 heterocycles. The van der Waals surface area contributed by atoms with Crippen LogP contribution in [0.15, 0.2) is 42.5 Å². The fraction of sp³-hybridized carbons (Fsp3) is 0.0667. The fourth-order valence-corrected chi connectivity index (χ4v) is 1.68. The number of aldehydes is 1. The number of rotatable bonds is 4. The van der Waals surface area contributed by atoms with Crippen molar-refractivity contribution in [3.8, 4) is 11.5 Å². The van der Waals surface area contributed by atoms with Gasteiger partial charge in [-0.15, -0.1) is 0 Å². The van der Waals surface area contributed by atoms with E-state index in [-0.39, 0.29) is 11.3 Å². The van der Waals surface area contributed by atoms with Crippen molar-refractivity contribution in [2.75, 3.05) is 12.8 Å². The van der Waals surface area contributed by atoms with Crippen LogP contribution in [-0.4, -0.2) is 19.4 Å². The number of methoxy groups -OCH3 is 1. The summed E-state index contributed by atoms with van der Waals surface area (Å²) in [7, 11) is 1.43. The Balaban J connectivity index is 2.28. The predicted molar refractivity (Wildman–Crippen MR) is 74.2 cm³/mol. The van der Waals surface area contributed by atoms with Gasteiger partial charge in [0.2, 0.25) is 0 Å². The van der Waals surface area contributed by atoms with Gasteiger partial charge in [-0.2, -0.15) is 0 Å². The number of esters is 1. The Bertz CT molecular complexity index is 652. The molecule has 0 unspecified atom stereocenters. The second-order valence-corrected chi connectivity index (χ2v) is 4.00. The summed E-state index contributed by atoms with van der Waals surface area (Å²) in [4.78, 5) is 22.7. The van der Waals surface area contributed by atoms with Gasteiger partial charge in [-0.3, -0.25) is 4.79 Å². The first-order chi connectivity index (χ1) is 9.65. The number of nitrogens with two attached hydrogens (primary N) is 1. The van der Waals surface area contributed by atoms with Crippen LogP contribution in [-0.2, 0) is 0 Å². The van der Waals surface area contributed by atoms with Crippen molar-refractivity contribution < 1.29 is 19.1 Å². The standard InChI is InChI=1S/C15H13NO4/c1-19-14-8-10(9-17)6-7-13(14)20-15(18)11-4-2-3-5-12(11)16/h2-9H,16H2,1H3. The Hall–Kier alpha value is -2.82. The van der Waals surface area contributed by atoms with E-state index in [1.54, 1.807) is 24.3 Å². The van der Waals surface area contributed by atoms with Gasteiger partial charge < -0.3 is 15.2 Å². The monoisotopic (exact) mass is 271 g/mol. The third kappa shape index (κ3) is 2.77. The smallest absolute Gasteiger partial charge is 0.345 e. The van der Waals surface area contributed by atoms with Gasteiger partial charge in [0, 0.05) is 11.3 Å². The van der Waals surface area contributed by atoms with Crippen LogP contribution in [0.3, 0.4) is 0 Å². The highest BCUT2D eigenvalue weighted by atomic mass is 16.6. The van der Waals surface area contributed by atoms with Crippen LogP contribution in [0.5, 0.6) is 11.5 Å². The molecule has 0 aromatic heterocycles. The quantitative estimate of drug-likeness (QED) is 0.399. The third-order valence-electron chi connectivity index (χ3n) is 2.71. The SMILES string of the molecule is COc1cc(C=O)ccc1OC(=O)c1ccccc1N. The molecular weight excluding hydrogens is 258 g/mol. The predicted octanol–water partition coefficient (Wildman–Crippen LogP) is 2.31. The maximum absolute atomic E-state index is 12.0. The molecule has 0 saturated heterocycles. The molecule has 0 aliphatic heterocycles. The number of hydrogen-bond acceptors (Lipinski definition) is 5. The van der Waals surface area contributed by atoms with Crippen LogP contribution < -0.4 is 15.2 Å². The van der Waals surface area contributed by atoms with Gasteiger partial charge >= 0.3 is 5.97 Å². The summed E-state index contributed by atoms with van der Waals surface area (Å²) in [6.45, 7) is 0. The highest BCUT2D eigenvalue weighted by Gasteiger charge is 2.14. The molecule has 0 aliphatic rings. The van der Waals surface area contributed by atoms with Crippen molar-refractivity contribution in [3.63, 3.8) is 0 Å². The molecule has 5 nitrogen and oxygen atoms in total. The number of ether oxygens (including phenoxy) is 2. The molecular formula is C15H13NO4. The highest BCUT2D eigenvalue weighted by molar-refractivity contribution is 5.96.